The van der Waals surface area contributed by atoms with Crippen LogP contribution in [0.25, 0.3) is 0 Å². The molecule has 82 valence electrons. The van der Waals surface area contributed by atoms with Gasteiger partial charge in [0.2, 0.25) is 0 Å². The van der Waals surface area contributed by atoms with Crippen LogP contribution in [-0.2, 0) is 12.0 Å². The lowest BCUT2D eigenvalue weighted by Gasteiger charge is -2.41. The van der Waals surface area contributed by atoms with Crippen LogP contribution in [0.4, 0.5) is 0 Å². The van der Waals surface area contributed by atoms with Crippen molar-refractivity contribution in [1.82, 2.24) is 5.32 Å². The molecule has 0 radical (unpaired) electrons. The molecular formula is C12H16ClNO. The molecule has 0 atom stereocenters. The molecule has 1 fully saturated rings. The van der Waals surface area contributed by atoms with Crippen molar-refractivity contribution in [2.45, 2.75) is 44.1 Å². The molecule has 1 N–H and O–H groups in total. The average Bonchev–Trinajstić information content (AvgIpc) is 2.62. The molecule has 2 heterocycles. The van der Waals surface area contributed by atoms with Crippen molar-refractivity contribution in [2.75, 3.05) is 6.54 Å². The summed E-state index contributed by atoms with van der Waals surface area (Å²) >= 11 is 5.96. The molecule has 0 amide bonds. The third-order valence-electron chi connectivity index (χ3n) is 3.82. The van der Waals surface area contributed by atoms with E-state index in [1.165, 1.54) is 37.7 Å². The van der Waals surface area contributed by atoms with Crippen molar-refractivity contribution in [1.29, 1.82) is 0 Å². The minimum atomic E-state index is 0.183. The SMILES string of the molecule is Clc1cc2c(o1)CCNC21CCCCC1. The van der Waals surface area contributed by atoms with E-state index in [9.17, 15) is 0 Å². The van der Waals surface area contributed by atoms with E-state index in [0.717, 1.165) is 18.7 Å². The molecule has 3 heteroatoms. The van der Waals surface area contributed by atoms with Gasteiger partial charge in [-0.1, -0.05) is 19.3 Å². The zero-order valence-corrected chi connectivity index (χ0v) is 9.57. The smallest absolute Gasteiger partial charge is 0.193 e. The Morgan fingerprint density at radius 3 is 2.87 bits per heavy atom. The highest BCUT2D eigenvalue weighted by molar-refractivity contribution is 6.29. The Kier molecular flexibility index (Phi) is 2.29. The number of halogens is 1. The van der Waals surface area contributed by atoms with E-state index in [1.54, 1.807) is 0 Å². The highest BCUT2D eigenvalue weighted by Gasteiger charge is 2.39. The second-order valence-electron chi connectivity index (χ2n) is 4.71. The van der Waals surface area contributed by atoms with Crippen LogP contribution in [0.2, 0.25) is 5.22 Å². The van der Waals surface area contributed by atoms with Gasteiger partial charge in [-0.2, -0.15) is 0 Å². The summed E-state index contributed by atoms with van der Waals surface area (Å²) in [6.45, 7) is 1.02. The van der Waals surface area contributed by atoms with Crippen LogP contribution in [0.1, 0.15) is 43.4 Å². The summed E-state index contributed by atoms with van der Waals surface area (Å²) in [5, 5.41) is 4.24. The Morgan fingerprint density at radius 1 is 1.27 bits per heavy atom. The Labute approximate surface area is 95.0 Å². The summed E-state index contributed by atoms with van der Waals surface area (Å²) in [5.74, 6) is 1.11. The van der Waals surface area contributed by atoms with E-state index >= 15 is 0 Å². The fourth-order valence-corrected chi connectivity index (χ4v) is 3.30. The zero-order chi connectivity index (χ0) is 10.3. The Bertz CT molecular complexity index is 366. The maximum Gasteiger partial charge on any atom is 0.193 e. The maximum atomic E-state index is 5.96. The minimum absolute atomic E-state index is 0.183. The number of nitrogens with one attached hydrogen (secondary N) is 1. The zero-order valence-electron chi connectivity index (χ0n) is 8.81. The molecular weight excluding hydrogens is 210 g/mol. The highest BCUT2D eigenvalue weighted by Crippen LogP contribution is 2.42. The first-order chi connectivity index (χ1) is 7.30. The van der Waals surface area contributed by atoms with Gasteiger partial charge >= 0.3 is 0 Å². The van der Waals surface area contributed by atoms with Crippen molar-refractivity contribution in [3.63, 3.8) is 0 Å². The summed E-state index contributed by atoms with van der Waals surface area (Å²) in [6.07, 6.45) is 7.43. The first-order valence-corrected chi connectivity index (χ1v) is 6.22. The van der Waals surface area contributed by atoms with Crippen molar-refractivity contribution in [3.05, 3.63) is 22.6 Å². The predicted octanol–water partition coefficient (Wildman–Crippen LogP) is 3.24. The van der Waals surface area contributed by atoms with Crippen LogP contribution in [0.3, 0.4) is 0 Å². The van der Waals surface area contributed by atoms with Crippen LogP contribution < -0.4 is 5.32 Å². The summed E-state index contributed by atoms with van der Waals surface area (Å²) in [6, 6.07) is 2.02. The van der Waals surface area contributed by atoms with Crippen molar-refractivity contribution < 1.29 is 4.42 Å². The number of fused-ring (bicyclic) bond motifs is 2. The first-order valence-electron chi connectivity index (χ1n) is 5.84. The van der Waals surface area contributed by atoms with Gasteiger partial charge < -0.3 is 9.73 Å². The fourth-order valence-electron chi connectivity index (χ4n) is 3.10. The molecule has 1 aromatic rings. The molecule has 1 aromatic heterocycles. The topological polar surface area (TPSA) is 25.2 Å². The summed E-state index contributed by atoms with van der Waals surface area (Å²) in [5.41, 5.74) is 1.51. The van der Waals surface area contributed by atoms with E-state index in [2.05, 4.69) is 5.32 Å². The van der Waals surface area contributed by atoms with Crippen molar-refractivity contribution >= 4 is 11.6 Å². The van der Waals surface area contributed by atoms with Crippen LogP contribution >= 0.6 is 11.6 Å². The second-order valence-corrected chi connectivity index (χ2v) is 5.08. The lowest BCUT2D eigenvalue weighted by Crippen LogP contribution is -2.48. The third kappa shape index (κ3) is 1.51. The van der Waals surface area contributed by atoms with Gasteiger partial charge in [-0.05, 0) is 24.4 Å². The fraction of sp³-hybridized carbons (Fsp3) is 0.667. The number of hydrogen-bond acceptors (Lipinski definition) is 2. The summed E-state index contributed by atoms with van der Waals surface area (Å²) < 4.78 is 5.56. The molecule has 3 rings (SSSR count). The number of furan rings is 1. The summed E-state index contributed by atoms with van der Waals surface area (Å²) in [7, 11) is 0. The highest BCUT2D eigenvalue weighted by atomic mass is 35.5. The molecule has 15 heavy (non-hydrogen) atoms. The minimum Gasteiger partial charge on any atom is -0.449 e. The second kappa shape index (κ2) is 3.53. The average molecular weight is 226 g/mol. The normalized spacial score (nSPS) is 24.1. The maximum absolute atomic E-state index is 5.96. The van der Waals surface area contributed by atoms with Crippen LogP contribution in [0.15, 0.2) is 10.5 Å². The van der Waals surface area contributed by atoms with E-state index < -0.39 is 0 Å². The molecule has 1 saturated carbocycles. The quantitative estimate of drug-likeness (QED) is 0.734. The molecule has 0 aromatic carbocycles. The largest absolute Gasteiger partial charge is 0.449 e. The van der Waals surface area contributed by atoms with E-state index in [-0.39, 0.29) is 5.54 Å². The molecule has 1 aliphatic carbocycles. The monoisotopic (exact) mass is 225 g/mol. The predicted molar refractivity (Wildman–Crippen MR) is 60.2 cm³/mol. The third-order valence-corrected chi connectivity index (χ3v) is 4.00. The van der Waals surface area contributed by atoms with Gasteiger partial charge in [0.15, 0.2) is 5.22 Å². The van der Waals surface area contributed by atoms with E-state index in [4.69, 9.17) is 16.0 Å². The van der Waals surface area contributed by atoms with Crippen LogP contribution in [-0.4, -0.2) is 6.54 Å². The Hall–Kier alpha value is -0.470. The molecule has 2 aliphatic rings. The Balaban J connectivity index is 2.03. The molecule has 2 nitrogen and oxygen atoms in total. The van der Waals surface area contributed by atoms with E-state index in [1.807, 2.05) is 6.07 Å². The van der Waals surface area contributed by atoms with Gasteiger partial charge in [0, 0.05) is 30.1 Å². The van der Waals surface area contributed by atoms with Gasteiger partial charge in [-0.25, -0.2) is 0 Å². The molecule has 1 aliphatic heterocycles. The van der Waals surface area contributed by atoms with Crippen molar-refractivity contribution in [3.8, 4) is 0 Å². The van der Waals surface area contributed by atoms with E-state index in [0.29, 0.717) is 5.22 Å². The number of hydrogen-bond donors (Lipinski definition) is 1. The van der Waals surface area contributed by atoms with Gasteiger partial charge in [-0.15, -0.1) is 0 Å². The standard InChI is InChI=1S/C12H16ClNO/c13-11-8-9-10(15-11)4-7-14-12(9)5-2-1-3-6-12/h8,14H,1-7H2. The molecule has 0 bridgehead atoms. The molecule has 1 spiro atoms. The van der Waals surface area contributed by atoms with Gasteiger partial charge in [0.1, 0.15) is 5.76 Å². The Morgan fingerprint density at radius 2 is 2.07 bits per heavy atom. The lowest BCUT2D eigenvalue weighted by molar-refractivity contribution is 0.215. The van der Waals surface area contributed by atoms with Crippen molar-refractivity contribution in [2.24, 2.45) is 0 Å². The van der Waals surface area contributed by atoms with Crippen LogP contribution in [0.5, 0.6) is 0 Å². The van der Waals surface area contributed by atoms with Gasteiger partial charge in [0.05, 0.1) is 0 Å². The summed E-state index contributed by atoms with van der Waals surface area (Å²) in [4.78, 5) is 0. The van der Waals surface area contributed by atoms with Crippen LogP contribution in [0, 0.1) is 0 Å². The molecule has 0 saturated heterocycles. The molecule has 0 unspecified atom stereocenters. The first kappa shape index (κ1) is 9.73. The number of rotatable bonds is 0. The lowest BCUT2D eigenvalue weighted by atomic mass is 9.75. The van der Waals surface area contributed by atoms with Gasteiger partial charge in [-0.3, -0.25) is 0 Å². The van der Waals surface area contributed by atoms with Gasteiger partial charge in [0.25, 0.3) is 0 Å².